The zero-order valence-corrected chi connectivity index (χ0v) is 15.7. The van der Waals surface area contributed by atoms with Crippen molar-refractivity contribution in [2.45, 2.75) is 6.42 Å². The number of ether oxygens (including phenoxy) is 1. The third-order valence-corrected chi connectivity index (χ3v) is 4.34. The Hall–Kier alpha value is -2.35. The highest BCUT2D eigenvalue weighted by Gasteiger charge is 2.03. The van der Waals surface area contributed by atoms with Crippen LogP contribution in [0.1, 0.15) is 5.56 Å². The molecule has 0 aliphatic carbocycles. The molecule has 6 heteroatoms. The first-order valence-electron chi connectivity index (χ1n) is 7.95. The molecule has 0 aliphatic rings. The molecule has 0 aliphatic heterocycles. The number of halogens is 1. The van der Waals surface area contributed by atoms with E-state index in [1.807, 2.05) is 65.5 Å². The average molecular weight is 447 g/mol. The van der Waals surface area contributed by atoms with Crippen molar-refractivity contribution in [3.63, 3.8) is 0 Å². The summed E-state index contributed by atoms with van der Waals surface area (Å²) in [4.78, 5) is 11.8. The maximum Gasteiger partial charge on any atom is 0.257 e. The SMILES string of the molecule is O=C(COc1ccc(I)cc1)NCCc1ccc(-n2cccn2)cc1. The molecule has 1 amide bonds. The molecule has 1 aromatic heterocycles. The van der Waals surface area contributed by atoms with E-state index in [1.54, 1.807) is 6.20 Å². The number of amides is 1. The molecule has 0 bridgehead atoms. The summed E-state index contributed by atoms with van der Waals surface area (Å²) < 4.78 is 8.40. The maximum absolute atomic E-state index is 11.8. The molecule has 0 unspecified atom stereocenters. The smallest absolute Gasteiger partial charge is 0.257 e. The standard InChI is InChI=1S/C19H18IN3O2/c20-16-4-8-18(9-5-16)25-14-19(24)21-12-10-15-2-6-17(7-3-15)23-13-1-11-22-23/h1-9,11,13H,10,12,14H2,(H,21,24). The highest BCUT2D eigenvalue weighted by atomic mass is 127. The van der Waals surface area contributed by atoms with Crippen LogP contribution < -0.4 is 10.1 Å². The van der Waals surface area contributed by atoms with Crippen LogP contribution in [0.15, 0.2) is 67.0 Å². The fraction of sp³-hybridized carbons (Fsp3) is 0.158. The Morgan fingerprint density at radius 3 is 2.56 bits per heavy atom. The largest absolute Gasteiger partial charge is 0.484 e. The number of carbonyl (C=O) groups excluding carboxylic acids is 1. The summed E-state index contributed by atoms with van der Waals surface area (Å²) in [6, 6.07) is 17.6. The van der Waals surface area contributed by atoms with Crippen molar-refractivity contribution >= 4 is 28.5 Å². The highest BCUT2D eigenvalue weighted by molar-refractivity contribution is 14.1. The van der Waals surface area contributed by atoms with E-state index in [4.69, 9.17) is 4.74 Å². The van der Waals surface area contributed by atoms with Crippen LogP contribution in [0.2, 0.25) is 0 Å². The van der Waals surface area contributed by atoms with Gasteiger partial charge < -0.3 is 10.1 Å². The molecule has 25 heavy (non-hydrogen) atoms. The van der Waals surface area contributed by atoms with Gasteiger partial charge in [0.2, 0.25) is 0 Å². The van der Waals surface area contributed by atoms with Crippen LogP contribution in [0.5, 0.6) is 5.75 Å². The number of benzene rings is 2. The molecule has 1 heterocycles. The van der Waals surface area contributed by atoms with Gasteiger partial charge in [-0.25, -0.2) is 4.68 Å². The normalized spacial score (nSPS) is 10.4. The van der Waals surface area contributed by atoms with Crippen LogP contribution in [0.4, 0.5) is 0 Å². The van der Waals surface area contributed by atoms with Gasteiger partial charge in [-0.3, -0.25) is 4.79 Å². The predicted molar refractivity (Wildman–Crippen MR) is 105 cm³/mol. The lowest BCUT2D eigenvalue weighted by Crippen LogP contribution is -2.30. The first kappa shape index (κ1) is 17.5. The number of hydrogen-bond acceptors (Lipinski definition) is 3. The molecule has 0 radical (unpaired) electrons. The Labute approximate surface area is 160 Å². The fourth-order valence-corrected chi connectivity index (χ4v) is 2.67. The van der Waals surface area contributed by atoms with Gasteiger partial charge in [0.05, 0.1) is 5.69 Å². The number of nitrogens with zero attached hydrogens (tertiary/aromatic N) is 2. The summed E-state index contributed by atoms with van der Waals surface area (Å²) >= 11 is 2.23. The van der Waals surface area contributed by atoms with E-state index in [2.05, 4.69) is 33.0 Å². The van der Waals surface area contributed by atoms with Crippen molar-refractivity contribution in [1.29, 1.82) is 0 Å². The van der Waals surface area contributed by atoms with Gasteiger partial charge in [-0.1, -0.05) is 12.1 Å². The summed E-state index contributed by atoms with van der Waals surface area (Å²) in [7, 11) is 0. The molecular weight excluding hydrogens is 429 g/mol. The number of aromatic nitrogens is 2. The molecule has 128 valence electrons. The van der Waals surface area contributed by atoms with Crippen molar-refractivity contribution in [3.05, 3.63) is 76.1 Å². The molecule has 3 rings (SSSR count). The quantitative estimate of drug-likeness (QED) is 0.566. The van der Waals surface area contributed by atoms with Crippen molar-refractivity contribution in [1.82, 2.24) is 15.1 Å². The predicted octanol–water partition coefficient (Wildman–Crippen LogP) is 3.21. The molecule has 0 fully saturated rings. The summed E-state index contributed by atoms with van der Waals surface area (Å²) in [5, 5.41) is 7.07. The maximum atomic E-state index is 11.8. The van der Waals surface area contributed by atoms with Crippen LogP contribution in [0.25, 0.3) is 5.69 Å². The summed E-state index contributed by atoms with van der Waals surface area (Å²) in [6.45, 7) is 0.606. The Balaban J connectivity index is 1.40. The summed E-state index contributed by atoms with van der Waals surface area (Å²) in [5.41, 5.74) is 2.18. The van der Waals surface area contributed by atoms with Gasteiger partial charge in [0.25, 0.3) is 5.91 Å². The van der Waals surface area contributed by atoms with E-state index in [9.17, 15) is 4.79 Å². The second-order valence-corrected chi connectivity index (χ2v) is 6.71. The zero-order valence-electron chi connectivity index (χ0n) is 13.6. The lowest BCUT2D eigenvalue weighted by Gasteiger charge is -2.08. The molecule has 1 N–H and O–H groups in total. The van der Waals surface area contributed by atoms with E-state index < -0.39 is 0 Å². The van der Waals surface area contributed by atoms with Crippen LogP contribution >= 0.6 is 22.6 Å². The van der Waals surface area contributed by atoms with Gasteiger partial charge in [-0.2, -0.15) is 5.10 Å². The van der Waals surface area contributed by atoms with Gasteiger partial charge in [-0.05, 0) is 77.0 Å². The van der Waals surface area contributed by atoms with Crippen molar-refractivity contribution < 1.29 is 9.53 Å². The molecule has 0 spiro atoms. The van der Waals surface area contributed by atoms with Crippen molar-refractivity contribution in [2.24, 2.45) is 0 Å². The van der Waals surface area contributed by atoms with E-state index in [-0.39, 0.29) is 12.5 Å². The first-order valence-corrected chi connectivity index (χ1v) is 9.02. The molecule has 5 nitrogen and oxygen atoms in total. The van der Waals surface area contributed by atoms with Crippen LogP contribution in [0, 0.1) is 3.57 Å². The molecular formula is C19H18IN3O2. The Morgan fingerprint density at radius 2 is 1.88 bits per heavy atom. The van der Waals surface area contributed by atoms with Crippen LogP contribution in [0.3, 0.4) is 0 Å². The third-order valence-electron chi connectivity index (χ3n) is 3.62. The Bertz CT molecular complexity index is 800. The number of nitrogens with one attached hydrogen (secondary N) is 1. The second-order valence-electron chi connectivity index (χ2n) is 5.46. The molecule has 3 aromatic rings. The van der Waals surface area contributed by atoms with Gasteiger partial charge in [0.1, 0.15) is 5.75 Å². The number of carbonyl (C=O) groups is 1. The minimum atomic E-state index is -0.119. The van der Waals surface area contributed by atoms with Gasteiger partial charge in [0, 0.05) is 22.5 Å². The van der Waals surface area contributed by atoms with Crippen molar-refractivity contribution in [3.8, 4) is 11.4 Å². The van der Waals surface area contributed by atoms with Gasteiger partial charge >= 0.3 is 0 Å². The molecule has 0 saturated carbocycles. The van der Waals surface area contributed by atoms with Crippen LogP contribution in [-0.4, -0.2) is 28.8 Å². The van der Waals surface area contributed by atoms with E-state index in [0.717, 1.165) is 21.2 Å². The summed E-state index contributed by atoms with van der Waals surface area (Å²) in [5.74, 6) is 0.580. The zero-order chi connectivity index (χ0) is 17.5. The van der Waals surface area contributed by atoms with Gasteiger partial charge in [0.15, 0.2) is 6.61 Å². The van der Waals surface area contributed by atoms with E-state index in [0.29, 0.717) is 12.3 Å². The fourth-order valence-electron chi connectivity index (χ4n) is 2.31. The number of rotatable bonds is 7. The molecule has 0 saturated heterocycles. The van der Waals surface area contributed by atoms with Gasteiger partial charge in [-0.15, -0.1) is 0 Å². The number of hydrogen-bond donors (Lipinski definition) is 1. The minimum absolute atomic E-state index is 0.0266. The lowest BCUT2D eigenvalue weighted by molar-refractivity contribution is -0.123. The Kier molecular flexibility index (Phi) is 6.05. The topological polar surface area (TPSA) is 56.1 Å². The van der Waals surface area contributed by atoms with E-state index in [1.165, 1.54) is 0 Å². The average Bonchev–Trinajstić information content (AvgIpc) is 3.16. The second kappa shape index (κ2) is 8.66. The minimum Gasteiger partial charge on any atom is -0.484 e. The lowest BCUT2D eigenvalue weighted by atomic mass is 10.1. The van der Waals surface area contributed by atoms with Crippen LogP contribution in [-0.2, 0) is 11.2 Å². The summed E-state index contributed by atoms with van der Waals surface area (Å²) in [6.07, 6.45) is 4.43. The third kappa shape index (κ3) is 5.32. The first-order chi connectivity index (χ1) is 12.2. The Morgan fingerprint density at radius 1 is 1.12 bits per heavy atom. The monoisotopic (exact) mass is 447 g/mol. The van der Waals surface area contributed by atoms with E-state index >= 15 is 0 Å². The highest BCUT2D eigenvalue weighted by Crippen LogP contribution is 2.13. The molecule has 0 atom stereocenters. The molecule has 2 aromatic carbocycles. The van der Waals surface area contributed by atoms with Crippen molar-refractivity contribution in [2.75, 3.05) is 13.2 Å².